The predicted octanol–water partition coefficient (Wildman–Crippen LogP) is 5.88. The molecule has 0 spiro atoms. The molecule has 0 amide bonds. The number of nitrogens with zero attached hydrogens (tertiary/aromatic N) is 3. The van der Waals surface area contributed by atoms with Gasteiger partial charge in [-0.1, -0.05) is 44.2 Å². The molecule has 0 aliphatic heterocycles. The molecule has 0 atom stereocenters. The van der Waals surface area contributed by atoms with Gasteiger partial charge in [0.25, 0.3) is 0 Å². The molecule has 1 rings (SSSR count). The van der Waals surface area contributed by atoms with E-state index < -0.39 is 0 Å². The number of rotatable bonds is 17. The van der Waals surface area contributed by atoms with Gasteiger partial charge in [0.2, 0.25) is 0 Å². The number of ether oxygens (including phenoxy) is 1. The third-order valence-electron chi connectivity index (χ3n) is 5.35. The number of carbonyl (C=O) groups excluding carboxylic acids is 1. The molecule has 0 N–H and O–H groups in total. The molecule has 5 nitrogen and oxygen atoms in total. The lowest BCUT2D eigenvalue weighted by Crippen LogP contribution is -2.29. The zero-order valence-electron chi connectivity index (χ0n) is 21.3. The summed E-state index contributed by atoms with van der Waals surface area (Å²) in [5.74, 6) is 0.760. The fraction of sp³-hybridized carbons (Fsp3) is 0.500. The van der Waals surface area contributed by atoms with Crippen LogP contribution in [0.2, 0.25) is 0 Å². The zero-order valence-corrected chi connectivity index (χ0v) is 21.3. The van der Waals surface area contributed by atoms with E-state index in [0.29, 0.717) is 17.9 Å². The standard InChI is InChI=1S/C28H43N3O2/c1-7-17-31(20-12-21-33-25(4)14-9-13-24(3)8-2)19-11-18-30(6)23-28(26(5)32)27-15-10-16-29-22-27/h9-10,13-16,22-23H,4,7-8,11-12,17-21H2,1-3,5-6H3/b14-9-,24-13-,28-23-. The van der Waals surface area contributed by atoms with Crippen LogP contribution < -0.4 is 0 Å². The first kappa shape index (κ1) is 28.4. The van der Waals surface area contributed by atoms with Crippen molar-refractivity contribution in [2.75, 3.05) is 39.8 Å². The summed E-state index contributed by atoms with van der Waals surface area (Å²) < 4.78 is 5.75. The minimum atomic E-state index is 0.0513. The lowest BCUT2D eigenvalue weighted by Gasteiger charge is -2.23. The van der Waals surface area contributed by atoms with E-state index in [4.69, 9.17) is 4.74 Å². The molecule has 1 aromatic heterocycles. The van der Waals surface area contributed by atoms with E-state index in [2.05, 4.69) is 48.2 Å². The second kappa shape index (κ2) is 16.9. The van der Waals surface area contributed by atoms with Crippen molar-refractivity contribution in [3.8, 4) is 0 Å². The van der Waals surface area contributed by atoms with Crippen LogP contribution in [0.4, 0.5) is 0 Å². The Morgan fingerprint density at radius 1 is 1.15 bits per heavy atom. The van der Waals surface area contributed by atoms with E-state index in [1.54, 1.807) is 19.3 Å². The summed E-state index contributed by atoms with van der Waals surface area (Å²) in [5, 5.41) is 0. The predicted molar refractivity (Wildman–Crippen MR) is 140 cm³/mol. The van der Waals surface area contributed by atoms with Gasteiger partial charge in [0.15, 0.2) is 5.78 Å². The average molecular weight is 454 g/mol. The largest absolute Gasteiger partial charge is 0.494 e. The van der Waals surface area contributed by atoms with Crippen LogP contribution in [0.1, 0.15) is 58.9 Å². The van der Waals surface area contributed by atoms with Crippen molar-refractivity contribution in [1.29, 1.82) is 0 Å². The van der Waals surface area contributed by atoms with E-state index in [9.17, 15) is 4.79 Å². The molecule has 0 unspecified atom stereocenters. The SMILES string of the molecule is C=C(/C=C\C=C(\C)CC)OCCCN(CCC)CCCN(C)/C=C(/C(C)=O)c1cccnc1. The first-order chi connectivity index (χ1) is 15.9. The van der Waals surface area contributed by atoms with Gasteiger partial charge in [-0.2, -0.15) is 0 Å². The summed E-state index contributed by atoms with van der Waals surface area (Å²) in [5.41, 5.74) is 2.89. The fourth-order valence-corrected chi connectivity index (χ4v) is 3.35. The molecule has 1 aromatic rings. The molecule has 0 fully saturated rings. The van der Waals surface area contributed by atoms with Crippen LogP contribution in [0, 0.1) is 0 Å². The molecule has 0 saturated heterocycles. The Bertz CT molecular complexity index is 797. The second-order valence-electron chi connectivity index (χ2n) is 8.41. The summed E-state index contributed by atoms with van der Waals surface area (Å²) in [6.07, 6.45) is 15.6. The van der Waals surface area contributed by atoms with Crippen molar-refractivity contribution < 1.29 is 9.53 Å². The average Bonchev–Trinajstić information content (AvgIpc) is 2.80. The summed E-state index contributed by atoms with van der Waals surface area (Å²) in [4.78, 5) is 20.8. The number of pyridine rings is 1. The van der Waals surface area contributed by atoms with Crippen molar-refractivity contribution in [1.82, 2.24) is 14.8 Å². The number of hydrogen-bond acceptors (Lipinski definition) is 5. The van der Waals surface area contributed by atoms with E-state index in [0.717, 1.165) is 57.4 Å². The minimum absolute atomic E-state index is 0.0513. The van der Waals surface area contributed by atoms with Gasteiger partial charge < -0.3 is 14.5 Å². The molecule has 5 heteroatoms. The molecule has 0 bridgehead atoms. The Labute approximate surface area is 201 Å². The van der Waals surface area contributed by atoms with Gasteiger partial charge in [0.05, 0.1) is 6.61 Å². The number of carbonyl (C=O) groups is 1. The highest BCUT2D eigenvalue weighted by Crippen LogP contribution is 2.15. The molecule has 1 heterocycles. The lowest BCUT2D eigenvalue weighted by atomic mass is 10.1. The van der Waals surface area contributed by atoms with E-state index in [1.807, 2.05) is 37.5 Å². The van der Waals surface area contributed by atoms with Crippen LogP contribution in [-0.4, -0.2) is 60.4 Å². The Kier molecular flexibility index (Phi) is 14.5. The summed E-state index contributed by atoms with van der Waals surface area (Å²) in [6, 6.07) is 3.78. The normalized spacial score (nSPS) is 12.4. The van der Waals surface area contributed by atoms with Crippen LogP contribution in [0.5, 0.6) is 0 Å². The van der Waals surface area contributed by atoms with Gasteiger partial charge in [-0.3, -0.25) is 9.78 Å². The topological polar surface area (TPSA) is 45.7 Å². The Morgan fingerprint density at radius 2 is 1.91 bits per heavy atom. The van der Waals surface area contributed by atoms with Gasteiger partial charge in [0.1, 0.15) is 5.76 Å². The third kappa shape index (κ3) is 12.8. The lowest BCUT2D eigenvalue weighted by molar-refractivity contribution is -0.111. The highest BCUT2D eigenvalue weighted by Gasteiger charge is 2.09. The van der Waals surface area contributed by atoms with Gasteiger partial charge in [-0.15, -0.1) is 0 Å². The fourth-order valence-electron chi connectivity index (χ4n) is 3.35. The van der Waals surface area contributed by atoms with Crippen molar-refractivity contribution in [2.24, 2.45) is 0 Å². The highest BCUT2D eigenvalue weighted by atomic mass is 16.5. The van der Waals surface area contributed by atoms with E-state index >= 15 is 0 Å². The van der Waals surface area contributed by atoms with E-state index in [1.165, 1.54) is 5.57 Å². The van der Waals surface area contributed by atoms with Gasteiger partial charge in [-0.05, 0) is 64.8 Å². The number of ketones is 1. The molecule has 0 saturated carbocycles. The van der Waals surface area contributed by atoms with Gasteiger partial charge in [0, 0.05) is 49.9 Å². The highest BCUT2D eigenvalue weighted by molar-refractivity contribution is 6.19. The maximum atomic E-state index is 12.1. The Hall–Kier alpha value is -2.66. The number of Topliss-reactive ketones (excluding diaryl/α,β-unsaturated/α-hetero) is 1. The van der Waals surface area contributed by atoms with Crippen LogP contribution in [0.3, 0.4) is 0 Å². The molecule has 0 radical (unpaired) electrons. The van der Waals surface area contributed by atoms with Gasteiger partial charge in [-0.25, -0.2) is 0 Å². The van der Waals surface area contributed by atoms with Crippen LogP contribution in [0.25, 0.3) is 5.57 Å². The monoisotopic (exact) mass is 453 g/mol. The summed E-state index contributed by atoms with van der Waals surface area (Å²) >= 11 is 0. The number of hydrogen-bond donors (Lipinski definition) is 0. The summed E-state index contributed by atoms with van der Waals surface area (Å²) in [6.45, 7) is 16.7. The molecule has 0 aliphatic rings. The first-order valence-electron chi connectivity index (χ1n) is 12.1. The molecule has 33 heavy (non-hydrogen) atoms. The molecular weight excluding hydrogens is 410 g/mol. The number of allylic oxidation sites excluding steroid dienone is 5. The maximum absolute atomic E-state index is 12.1. The second-order valence-corrected chi connectivity index (χ2v) is 8.41. The van der Waals surface area contributed by atoms with Crippen LogP contribution in [0.15, 0.2) is 66.9 Å². The quantitative estimate of drug-likeness (QED) is 0.128. The third-order valence-corrected chi connectivity index (χ3v) is 5.35. The smallest absolute Gasteiger partial charge is 0.161 e. The molecule has 0 aromatic carbocycles. The van der Waals surface area contributed by atoms with Gasteiger partial charge >= 0.3 is 0 Å². The summed E-state index contributed by atoms with van der Waals surface area (Å²) in [7, 11) is 2.02. The molecule has 0 aliphatic carbocycles. The molecular formula is C28H43N3O2. The van der Waals surface area contributed by atoms with E-state index in [-0.39, 0.29) is 5.78 Å². The van der Waals surface area contributed by atoms with Crippen molar-refractivity contribution in [3.05, 3.63) is 72.4 Å². The molecule has 182 valence electrons. The van der Waals surface area contributed by atoms with Crippen LogP contribution >= 0.6 is 0 Å². The Morgan fingerprint density at radius 3 is 2.55 bits per heavy atom. The van der Waals surface area contributed by atoms with Crippen molar-refractivity contribution >= 4 is 11.4 Å². The maximum Gasteiger partial charge on any atom is 0.161 e. The van der Waals surface area contributed by atoms with Crippen LogP contribution in [-0.2, 0) is 9.53 Å². The minimum Gasteiger partial charge on any atom is -0.494 e. The Balaban J connectivity index is 2.42. The zero-order chi connectivity index (χ0) is 24.5. The first-order valence-corrected chi connectivity index (χ1v) is 12.1. The number of aromatic nitrogens is 1. The van der Waals surface area contributed by atoms with Crippen molar-refractivity contribution in [3.63, 3.8) is 0 Å². The van der Waals surface area contributed by atoms with Crippen molar-refractivity contribution in [2.45, 2.75) is 53.4 Å².